The zero-order chi connectivity index (χ0) is 15.9. The fourth-order valence-electron chi connectivity index (χ4n) is 0.494. The number of sulfonamides is 2. The first kappa shape index (κ1) is 17.6. The molecule has 0 aromatic heterocycles. The van der Waals surface area contributed by atoms with Gasteiger partial charge < -0.3 is 5.73 Å². The van der Waals surface area contributed by atoms with Crippen molar-refractivity contribution in [3.63, 3.8) is 0 Å². The predicted octanol–water partition coefficient (Wildman–Crippen LogP) is 0.229. The topological polar surface area (TPSA) is 127 Å². The zero-order valence-electron chi connectivity index (χ0n) is 8.10. The summed E-state index contributed by atoms with van der Waals surface area (Å²) in [6, 6.07) is -2.40. The van der Waals surface area contributed by atoms with E-state index in [0.29, 0.717) is 0 Å². The Bertz CT molecular complexity index is 565. The van der Waals surface area contributed by atoms with E-state index in [1.807, 2.05) is 0 Å². The van der Waals surface area contributed by atoms with E-state index < -0.39 is 40.6 Å². The number of nitrogens with zero attached hydrogens (tertiary/aromatic N) is 2. The molecular formula is C3H2F6N3O5S2+. The zero-order valence-corrected chi connectivity index (χ0v) is 9.73. The second-order valence-corrected chi connectivity index (χ2v) is 6.27. The molecule has 0 aliphatic heterocycles. The summed E-state index contributed by atoms with van der Waals surface area (Å²) in [4.78, 5) is 10.1. The van der Waals surface area contributed by atoms with Gasteiger partial charge in [0.05, 0.1) is 5.11 Å². The van der Waals surface area contributed by atoms with E-state index in [1.54, 1.807) is 0 Å². The van der Waals surface area contributed by atoms with Crippen molar-refractivity contribution < 1.29 is 51.5 Å². The maximum absolute atomic E-state index is 12.0. The maximum atomic E-state index is 12.0. The highest BCUT2D eigenvalue weighted by molar-refractivity contribution is 7.98. The summed E-state index contributed by atoms with van der Waals surface area (Å²) in [5.74, 6) is 0. The molecule has 0 saturated heterocycles. The Morgan fingerprint density at radius 1 is 0.895 bits per heavy atom. The lowest BCUT2D eigenvalue weighted by Crippen LogP contribution is -2.43. The van der Waals surface area contributed by atoms with Gasteiger partial charge in [0, 0.05) is 0 Å². The SMILES string of the molecule is NC(=O)N=[N+](S(=O)(=O)C(F)(F)F)S(=O)(=O)C(F)(F)F. The first-order valence-corrected chi connectivity index (χ1v) is 6.37. The Labute approximate surface area is 100 Å². The van der Waals surface area contributed by atoms with Crippen molar-refractivity contribution in [2.24, 2.45) is 10.8 Å². The number of carbonyl (C=O) groups is 1. The van der Waals surface area contributed by atoms with Crippen LogP contribution in [0, 0.1) is 0 Å². The van der Waals surface area contributed by atoms with E-state index >= 15 is 0 Å². The number of rotatable bonds is 2. The van der Waals surface area contributed by atoms with Crippen LogP contribution in [0.15, 0.2) is 5.11 Å². The molecule has 0 saturated carbocycles. The van der Waals surface area contributed by atoms with Crippen LogP contribution in [-0.2, 0) is 20.0 Å². The fraction of sp³-hybridized carbons (Fsp3) is 0.667. The summed E-state index contributed by atoms with van der Waals surface area (Å²) in [6.07, 6.45) is 0. The van der Waals surface area contributed by atoms with Crippen LogP contribution >= 0.6 is 0 Å². The average molecular weight is 338 g/mol. The molecule has 0 aromatic carbocycles. The standard InChI is InChI=1S/C3HF6N3O5S2/c4-2(5,6)18(14,15)12(11-1(10)13)19(16,17)3(7,8)9/h(H-,10,13)/p+1. The van der Waals surface area contributed by atoms with Crippen LogP contribution in [0.5, 0.6) is 0 Å². The first-order valence-electron chi connectivity index (χ1n) is 3.49. The molecule has 0 aliphatic carbocycles. The first-order chi connectivity index (χ1) is 8.05. The third-order valence-corrected chi connectivity index (χ3v) is 4.51. The summed E-state index contributed by atoms with van der Waals surface area (Å²) in [5.41, 5.74) is -8.85. The van der Waals surface area contributed by atoms with E-state index in [1.165, 1.54) is 5.11 Å². The number of hydrogen-bond acceptors (Lipinski definition) is 5. The van der Waals surface area contributed by atoms with Crippen molar-refractivity contribution in [3.05, 3.63) is 0 Å². The molecule has 0 radical (unpaired) electrons. The lowest BCUT2D eigenvalue weighted by Gasteiger charge is -2.05. The smallest absolute Gasteiger partial charge is 0.345 e. The highest BCUT2D eigenvalue weighted by Gasteiger charge is 2.69. The highest BCUT2D eigenvalue weighted by atomic mass is 32.3. The lowest BCUT2D eigenvalue weighted by molar-refractivity contribution is -0.297. The lowest BCUT2D eigenvalue weighted by atomic mass is 11.2. The van der Waals surface area contributed by atoms with Gasteiger partial charge in [0.25, 0.3) is 0 Å². The summed E-state index contributed by atoms with van der Waals surface area (Å²) in [6.45, 7) is 0. The summed E-state index contributed by atoms with van der Waals surface area (Å²) >= 11 is 0. The summed E-state index contributed by atoms with van der Waals surface area (Å²) in [7, 11) is -14.2. The Morgan fingerprint density at radius 2 is 1.16 bits per heavy atom. The van der Waals surface area contributed by atoms with E-state index in [4.69, 9.17) is 0 Å². The average Bonchev–Trinajstić information content (AvgIpc) is 2.09. The molecule has 2 amide bonds. The molecule has 19 heavy (non-hydrogen) atoms. The monoisotopic (exact) mass is 338 g/mol. The molecule has 16 heteroatoms. The molecule has 2 N–H and O–H groups in total. The second kappa shape index (κ2) is 4.58. The van der Waals surface area contributed by atoms with Gasteiger partial charge in [-0.15, -0.1) is 0 Å². The van der Waals surface area contributed by atoms with Crippen molar-refractivity contribution in [3.8, 4) is 0 Å². The maximum Gasteiger partial charge on any atom is 0.564 e. The van der Waals surface area contributed by atoms with Gasteiger partial charge in [-0.2, -0.15) is 43.2 Å². The minimum atomic E-state index is -7.12. The molecule has 0 atom stereocenters. The van der Waals surface area contributed by atoms with Crippen molar-refractivity contribution in [1.29, 1.82) is 0 Å². The van der Waals surface area contributed by atoms with Crippen LogP contribution in [0.3, 0.4) is 0 Å². The third kappa shape index (κ3) is 3.31. The summed E-state index contributed by atoms with van der Waals surface area (Å²) < 4.78 is 112. The third-order valence-electron chi connectivity index (χ3n) is 1.18. The van der Waals surface area contributed by atoms with E-state index in [9.17, 15) is 48.0 Å². The second-order valence-electron chi connectivity index (χ2n) is 2.52. The molecule has 0 fully saturated rings. The molecule has 8 nitrogen and oxygen atoms in total. The number of alkyl halides is 6. The predicted molar refractivity (Wildman–Crippen MR) is 42.2 cm³/mol. The van der Waals surface area contributed by atoms with Crippen LogP contribution in [0.1, 0.15) is 0 Å². The van der Waals surface area contributed by atoms with Crippen LogP contribution in [0.4, 0.5) is 31.1 Å². The molecule has 112 valence electrons. The van der Waals surface area contributed by atoms with Crippen molar-refractivity contribution in [2.45, 2.75) is 11.0 Å². The van der Waals surface area contributed by atoms with Gasteiger partial charge in [-0.1, -0.05) is 0 Å². The van der Waals surface area contributed by atoms with E-state index in [2.05, 4.69) is 5.73 Å². The van der Waals surface area contributed by atoms with E-state index in [-0.39, 0.29) is 0 Å². The van der Waals surface area contributed by atoms with Gasteiger partial charge in [0.2, 0.25) is 0 Å². The van der Waals surface area contributed by atoms with Crippen LogP contribution in [0.2, 0.25) is 0 Å². The van der Waals surface area contributed by atoms with Gasteiger partial charge in [0.1, 0.15) is 3.51 Å². The van der Waals surface area contributed by atoms with Crippen molar-refractivity contribution in [2.75, 3.05) is 0 Å². The minimum absolute atomic E-state index is 1.51. The van der Waals surface area contributed by atoms with Gasteiger partial charge in [0.15, 0.2) is 0 Å². The Morgan fingerprint density at radius 3 is 1.32 bits per heavy atom. The molecule has 0 spiro atoms. The fourth-order valence-corrected chi connectivity index (χ4v) is 2.76. The van der Waals surface area contributed by atoms with Crippen molar-refractivity contribution in [1.82, 2.24) is 0 Å². The van der Waals surface area contributed by atoms with Gasteiger partial charge in [-0.3, -0.25) is 0 Å². The quantitative estimate of drug-likeness (QED) is 0.438. The molecule has 0 aliphatic rings. The Hall–Kier alpha value is -1.45. The number of nitrogens with two attached hydrogens (primary N) is 1. The van der Waals surface area contributed by atoms with Crippen LogP contribution < -0.4 is 5.73 Å². The van der Waals surface area contributed by atoms with Crippen LogP contribution in [-0.4, -0.2) is 37.4 Å². The summed E-state index contributed by atoms with van der Waals surface area (Å²) in [5, 5.41) is 1.51. The molecule has 0 unspecified atom stereocenters. The minimum Gasteiger partial charge on any atom is -0.345 e. The Kier molecular flexibility index (Phi) is 4.23. The number of hydrogen-bond donors (Lipinski definition) is 1. The van der Waals surface area contributed by atoms with E-state index in [0.717, 1.165) is 0 Å². The number of primary amides is 1. The molecule has 0 bridgehead atoms. The number of amides is 2. The normalized spacial score (nSPS) is 14.0. The Balaban J connectivity index is 6.49. The molecule has 0 rings (SSSR count). The highest BCUT2D eigenvalue weighted by Crippen LogP contribution is 2.32. The number of urea groups is 1. The molecule has 0 heterocycles. The van der Waals surface area contributed by atoms with Gasteiger partial charge in [-0.05, 0) is 0 Å². The largest absolute Gasteiger partial charge is 0.564 e. The number of halogens is 6. The van der Waals surface area contributed by atoms with Gasteiger partial charge >= 0.3 is 37.1 Å². The molecule has 0 aromatic rings. The molecular weight excluding hydrogens is 336 g/mol. The van der Waals surface area contributed by atoms with Gasteiger partial charge in [-0.25, -0.2) is 4.79 Å². The van der Waals surface area contributed by atoms with Crippen molar-refractivity contribution >= 4 is 26.1 Å². The number of carbonyl (C=O) groups excluding carboxylic acids is 1. The van der Waals surface area contributed by atoms with Crippen LogP contribution in [0.25, 0.3) is 0 Å².